The summed E-state index contributed by atoms with van der Waals surface area (Å²) in [5, 5.41) is 0.376. The van der Waals surface area contributed by atoms with Gasteiger partial charge in [-0.2, -0.15) is 0 Å². The number of ether oxygens (including phenoxy) is 1. The first-order valence-corrected chi connectivity index (χ1v) is 8.31. The zero-order valence-electron chi connectivity index (χ0n) is 14.0. The number of hydrogen-bond acceptors (Lipinski definition) is 3. The Labute approximate surface area is 152 Å². The summed E-state index contributed by atoms with van der Waals surface area (Å²) < 4.78 is 7.24. The summed E-state index contributed by atoms with van der Waals surface area (Å²) in [6, 6.07) is 16.2. The zero-order valence-corrected chi connectivity index (χ0v) is 14.8. The maximum Gasteiger partial charge on any atom is 0.166 e. The van der Waals surface area contributed by atoms with Crippen molar-refractivity contribution in [2.75, 3.05) is 7.11 Å². The highest BCUT2D eigenvalue weighted by Crippen LogP contribution is 2.17. The van der Waals surface area contributed by atoms with E-state index >= 15 is 0 Å². The van der Waals surface area contributed by atoms with Gasteiger partial charge in [-0.25, -0.2) is 4.98 Å². The molecule has 3 aromatic rings. The van der Waals surface area contributed by atoms with Gasteiger partial charge in [-0.3, -0.25) is 0 Å². The van der Waals surface area contributed by atoms with Crippen LogP contribution in [0.5, 0.6) is 5.75 Å². The van der Waals surface area contributed by atoms with Crippen molar-refractivity contribution in [3.05, 3.63) is 78.4 Å². The fourth-order valence-electron chi connectivity index (χ4n) is 2.61. The first-order chi connectivity index (χ1) is 12.2. The Morgan fingerprint density at radius 2 is 1.92 bits per heavy atom. The van der Waals surface area contributed by atoms with Crippen LogP contribution in [0.25, 0.3) is 5.69 Å². The topological polar surface area (TPSA) is 56.3 Å². The molecule has 1 heterocycles. The quantitative estimate of drug-likeness (QED) is 0.691. The summed E-state index contributed by atoms with van der Waals surface area (Å²) >= 11 is 5.23. The predicted molar refractivity (Wildman–Crippen MR) is 103 cm³/mol. The number of hydrogen-bond donors (Lipinski definition) is 1. The SMILES string of the molecule is COc1cccc(CN(Cc2ccc(-n3ccnc3)cc2)C(N)=S)c1. The summed E-state index contributed by atoms with van der Waals surface area (Å²) in [4.78, 5) is 6.03. The molecular formula is C19H20N4OS. The molecule has 0 fully saturated rings. The molecule has 0 radical (unpaired) electrons. The monoisotopic (exact) mass is 352 g/mol. The summed E-state index contributed by atoms with van der Waals surface area (Å²) in [5.74, 6) is 0.824. The fourth-order valence-corrected chi connectivity index (χ4v) is 2.74. The summed E-state index contributed by atoms with van der Waals surface area (Å²) in [5.41, 5.74) is 9.23. The summed E-state index contributed by atoms with van der Waals surface area (Å²) in [6.07, 6.45) is 5.45. The molecule has 2 aromatic carbocycles. The van der Waals surface area contributed by atoms with Gasteiger partial charge in [0.15, 0.2) is 5.11 Å². The van der Waals surface area contributed by atoms with Crippen LogP contribution < -0.4 is 10.5 Å². The molecule has 0 spiro atoms. The molecule has 3 rings (SSSR count). The molecule has 1 aromatic heterocycles. The number of imidazole rings is 1. The summed E-state index contributed by atoms with van der Waals surface area (Å²) in [7, 11) is 1.66. The molecule has 0 bridgehead atoms. The third-order valence-electron chi connectivity index (χ3n) is 3.93. The van der Waals surface area contributed by atoms with Crippen molar-refractivity contribution in [1.29, 1.82) is 0 Å². The van der Waals surface area contributed by atoms with Crippen molar-refractivity contribution in [2.24, 2.45) is 5.73 Å². The predicted octanol–water partition coefficient (Wildman–Crippen LogP) is 3.13. The average Bonchev–Trinajstić information content (AvgIpc) is 3.16. The van der Waals surface area contributed by atoms with Crippen molar-refractivity contribution in [3.8, 4) is 11.4 Å². The lowest BCUT2D eigenvalue weighted by molar-refractivity contribution is 0.400. The first kappa shape index (κ1) is 17.0. The van der Waals surface area contributed by atoms with Crippen LogP contribution in [0.4, 0.5) is 0 Å². The Hall–Kier alpha value is -2.86. The third-order valence-corrected chi connectivity index (χ3v) is 4.19. The van der Waals surface area contributed by atoms with Gasteiger partial charge < -0.3 is 19.9 Å². The van der Waals surface area contributed by atoms with Crippen molar-refractivity contribution in [3.63, 3.8) is 0 Å². The van der Waals surface area contributed by atoms with E-state index in [1.165, 1.54) is 0 Å². The normalized spacial score (nSPS) is 10.4. The maximum absolute atomic E-state index is 5.92. The minimum Gasteiger partial charge on any atom is -0.497 e. The van der Waals surface area contributed by atoms with Gasteiger partial charge in [0.1, 0.15) is 5.75 Å². The summed E-state index contributed by atoms with van der Waals surface area (Å²) in [6.45, 7) is 1.28. The highest BCUT2D eigenvalue weighted by Gasteiger charge is 2.09. The number of methoxy groups -OCH3 is 1. The second kappa shape index (κ2) is 7.81. The highest BCUT2D eigenvalue weighted by atomic mass is 32.1. The first-order valence-electron chi connectivity index (χ1n) is 7.90. The van der Waals surface area contributed by atoms with Gasteiger partial charge >= 0.3 is 0 Å². The molecule has 128 valence electrons. The zero-order chi connectivity index (χ0) is 17.6. The minimum atomic E-state index is 0.376. The van der Waals surface area contributed by atoms with Crippen LogP contribution in [0.15, 0.2) is 67.3 Å². The van der Waals surface area contributed by atoms with Crippen LogP contribution in [-0.2, 0) is 13.1 Å². The molecule has 2 N–H and O–H groups in total. The van der Waals surface area contributed by atoms with Gasteiger partial charge in [0.2, 0.25) is 0 Å². The Kier molecular flexibility index (Phi) is 5.30. The van der Waals surface area contributed by atoms with Crippen LogP contribution in [0.1, 0.15) is 11.1 Å². The number of rotatable bonds is 6. The lowest BCUT2D eigenvalue weighted by Gasteiger charge is -2.23. The molecular weight excluding hydrogens is 332 g/mol. The van der Waals surface area contributed by atoms with Crippen LogP contribution >= 0.6 is 12.2 Å². The fraction of sp³-hybridized carbons (Fsp3) is 0.158. The van der Waals surface area contributed by atoms with Gasteiger partial charge in [-0.05, 0) is 47.6 Å². The van der Waals surface area contributed by atoms with E-state index in [4.69, 9.17) is 22.7 Å². The molecule has 6 heteroatoms. The van der Waals surface area contributed by atoms with Gasteiger partial charge in [0, 0.05) is 31.2 Å². The van der Waals surface area contributed by atoms with Crippen molar-refractivity contribution in [1.82, 2.24) is 14.5 Å². The van der Waals surface area contributed by atoms with E-state index in [9.17, 15) is 0 Å². The van der Waals surface area contributed by atoms with Crippen molar-refractivity contribution < 1.29 is 4.74 Å². The van der Waals surface area contributed by atoms with Crippen LogP contribution in [0.3, 0.4) is 0 Å². The number of nitrogens with two attached hydrogens (primary N) is 1. The van der Waals surface area contributed by atoms with Crippen molar-refractivity contribution in [2.45, 2.75) is 13.1 Å². The van der Waals surface area contributed by atoms with Crippen molar-refractivity contribution >= 4 is 17.3 Å². The molecule has 0 saturated carbocycles. The number of benzene rings is 2. The molecule has 0 saturated heterocycles. The lowest BCUT2D eigenvalue weighted by Crippen LogP contribution is -2.34. The number of aromatic nitrogens is 2. The maximum atomic E-state index is 5.92. The smallest absolute Gasteiger partial charge is 0.166 e. The molecule has 0 aliphatic rings. The molecule has 5 nitrogen and oxygen atoms in total. The Morgan fingerprint density at radius 1 is 1.16 bits per heavy atom. The molecule has 0 atom stereocenters. The molecule has 0 aliphatic carbocycles. The Morgan fingerprint density at radius 3 is 2.56 bits per heavy atom. The van der Waals surface area contributed by atoms with Gasteiger partial charge in [0.05, 0.1) is 13.4 Å². The lowest BCUT2D eigenvalue weighted by atomic mass is 10.1. The molecule has 25 heavy (non-hydrogen) atoms. The van der Waals surface area contributed by atoms with Gasteiger partial charge in [-0.15, -0.1) is 0 Å². The molecule has 0 unspecified atom stereocenters. The second-order valence-corrected chi connectivity index (χ2v) is 6.10. The van der Waals surface area contributed by atoms with E-state index in [2.05, 4.69) is 29.2 Å². The number of thiocarbonyl (C=S) groups is 1. The van der Waals surface area contributed by atoms with Gasteiger partial charge in [0.25, 0.3) is 0 Å². The van der Waals surface area contributed by atoms with Crippen LogP contribution in [0, 0.1) is 0 Å². The molecule has 0 aliphatic heterocycles. The number of nitrogens with zero attached hydrogens (tertiary/aromatic N) is 3. The van der Waals surface area contributed by atoms with E-state index in [1.807, 2.05) is 39.9 Å². The van der Waals surface area contributed by atoms with Gasteiger partial charge in [-0.1, -0.05) is 24.3 Å². The average molecular weight is 352 g/mol. The Balaban J connectivity index is 1.72. The van der Waals surface area contributed by atoms with E-state index in [0.29, 0.717) is 18.2 Å². The highest BCUT2D eigenvalue weighted by molar-refractivity contribution is 7.80. The molecule has 0 amide bonds. The van der Waals surface area contributed by atoms with Crippen LogP contribution in [-0.4, -0.2) is 26.7 Å². The van der Waals surface area contributed by atoms with E-state index < -0.39 is 0 Å². The standard InChI is InChI=1S/C19H20N4OS/c1-24-18-4-2-3-16(11-18)13-23(19(20)25)12-15-5-7-17(8-6-15)22-10-9-21-14-22/h2-11,14H,12-13H2,1H3,(H2,20,25). The van der Waals surface area contributed by atoms with E-state index in [0.717, 1.165) is 22.6 Å². The second-order valence-electron chi connectivity index (χ2n) is 5.68. The largest absolute Gasteiger partial charge is 0.497 e. The third kappa shape index (κ3) is 4.36. The minimum absolute atomic E-state index is 0.376. The van der Waals surface area contributed by atoms with Crippen LogP contribution in [0.2, 0.25) is 0 Å². The van der Waals surface area contributed by atoms with E-state index in [1.54, 1.807) is 19.6 Å². The van der Waals surface area contributed by atoms with E-state index in [-0.39, 0.29) is 0 Å². The Bertz CT molecular complexity index is 831.